The Hall–Kier alpha value is -2.51. The summed E-state index contributed by atoms with van der Waals surface area (Å²) in [6, 6.07) is 7.35. The summed E-state index contributed by atoms with van der Waals surface area (Å²) in [6.45, 7) is 2.02. The lowest BCUT2D eigenvalue weighted by molar-refractivity contribution is -0.163. The van der Waals surface area contributed by atoms with Crippen molar-refractivity contribution in [3.63, 3.8) is 0 Å². The van der Waals surface area contributed by atoms with Crippen LogP contribution in [-0.2, 0) is 30.1 Å². The maximum atomic E-state index is 13.4. The number of rotatable bonds is 4. The molecule has 1 aromatic carbocycles. The molecule has 0 spiro atoms. The van der Waals surface area contributed by atoms with Gasteiger partial charge in [0.25, 0.3) is 0 Å². The number of para-hydroxylation sites is 1. The second kappa shape index (κ2) is 6.00. The number of nitrogens with one attached hydrogen (secondary N) is 1. The van der Waals surface area contributed by atoms with Gasteiger partial charge in [0.15, 0.2) is 5.78 Å². The molecule has 2 atom stereocenters. The Kier molecular flexibility index (Phi) is 3.98. The second-order valence-electron chi connectivity index (χ2n) is 7.25. The number of Topliss-reactive ketones (excluding diaryl/α,β-unsaturated/α-hetero) is 1. The smallest absolute Gasteiger partial charge is 0.340 e. The van der Waals surface area contributed by atoms with Crippen LogP contribution in [0.4, 0.5) is 0 Å². The van der Waals surface area contributed by atoms with Crippen molar-refractivity contribution in [2.75, 3.05) is 14.2 Å². The molecule has 0 bridgehead atoms. The summed E-state index contributed by atoms with van der Waals surface area (Å²) in [6.07, 6.45) is 1.79. The number of esters is 1. The van der Waals surface area contributed by atoms with Crippen LogP contribution in [0.25, 0.3) is 10.9 Å². The number of ether oxygens (including phenoxy) is 1. The summed E-state index contributed by atoms with van der Waals surface area (Å²) in [5.41, 5.74) is 2.28. The molecule has 4 rings (SSSR count). The fourth-order valence-electron chi connectivity index (χ4n) is 4.85. The first kappa shape index (κ1) is 17.9. The zero-order valence-electron chi connectivity index (χ0n) is 15.6. The number of ketones is 1. The van der Waals surface area contributed by atoms with Gasteiger partial charge in [-0.25, -0.2) is 4.79 Å². The molecule has 1 N–H and O–H groups in total. The maximum Gasteiger partial charge on any atom is 0.340 e. The fraction of sp³-hybridized carbons (Fsp3) is 0.450. The van der Waals surface area contributed by atoms with Gasteiger partial charge in [-0.15, -0.1) is 0 Å². The van der Waals surface area contributed by atoms with Crippen LogP contribution in [0.1, 0.15) is 48.7 Å². The van der Waals surface area contributed by atoms with Crippen LogP contribution >= 0.6 is 0 Å². The number of methoxy groups -OCH3 is 1. The molecule has 0 saturated heterocycles. The van der Waals surface area contributed by atoms with Gasteiger partial charge in [0.05, 0.1) is 19.7 Å². The molecule has 0 radical (unpaired) electrons. The predicted octanol–water partition coefficient (Wildman–Crippen LogP) is 2.22. The molecular formula is C20H22N2O5. The van der Waals surface area contributed by atoms with Crippen LogP contribution in [0.5, 0.6) is 0 Å². The molecule has 27 heavy (non-hydrogen) atoms. The highest BCUT2D eigenvalue weighted by Crippen LogP contribution is 2.53. The van der Waals surface area contributed by atoms with Gasteiger partial charge in [-0.2, -0.15) is 5.48 Å². The van der Waals surface area contributed by atoms with E-state index in [0.29, 0.717) is 35.7 Å². The minimum atomic E-state index is -1.79. The van der Waals surface area contributed by atoms with Crippen LogP contribution < -0.4 is 5.48 Å². The summed E-state index contributed by atoms with van der Waals surface area (Å²) < 4.78 is 6.71. The summed E-state index contributed by atoms with van der Waals surface area (Å²) in [5.74, 6) is -1.07. The Labute approximate surface area is 156 Å². The second-order valence-corrected chi connectivity index (χ2v) is 7.25. The number of hydrogen-bond acceptors (Lipinski definition) is 6. The summed E-state index contributed by atoms with van der Waals surface area (Å²) in [4.78, 5) is 44.3. The highest BCUT2D eigenvalue weighted by atomic mass is 16.6. The SMILES string of the molecule is CC[C@]12CCC(=O)n3c1c(c1ccccc13)[C@@](NOC)(C(=O)OC)C(=O)C2. The highest BCUT2D eigenvalue weighted by Gasteiger charge is 2.61. The molecule has 2 aromatic rings. The number of carbonyl (C=O) groups excluding carboxylic acids is 3. The molecule has 0 unspecified atom stereocenters. The number of nitrogens with zero attached hydrogens (tertiary/aromatic N) is 1. The van der Waals surface area contributed by atoms with E-state index >= 15 is 0 Å². The van der Waals surface area contributed by atoms with Gasteiger partial charge in [-0.1, -0.05) is 25.1 Å². The van der Waals surface area contributed by atoms with Crippen LogP contribution in [0.3, 0.4) is 0 Å². The van der Waals surface area contributed by atoms with Crippen LogP contribution in [0.15, 0.2) is 24.3 Å². The van der Waals surface area contributed by atoms with Crippen molar-refractivity contribution in [1.29, 1.82) is 0 Å². The molecule has 7 nitrogen and oxygen atoms in total. The number of carbonyl (C=O) groups is 3. The van der Waals surface area contributed by atoms with E-state index in [2.05, 4.69) is 5.48 Å². The number of hydroxylamine groups is 1. The largest absolute Gasteiger partial charge is 0.467 e. The van der Waals surface area contributed by atoms with E-state index in [1.165, 1.54) is 14.2 Å². The van der Waals surface area contributed by atoms with Gasteiger partial charge in [-0.05, 0) is 18.9 Å². The Balaban J connectivity index is 2.21. The molecule has 0 saturated carbocycles. The van der Waals surface area contributed by atoms with E-state index in [9.17, 15) is 14.4 Å². The summed E-state index contributed by atoms with van der Waals surface area (Å²) >= 11 is 0. The number of fused-ring (bicyclic) bond motifs is 3. The first-order valence-electron chi connectivity index (χ1n) is 9.06. The Morgan fingerprint density at radius 3 is 2.67 bits per heavy atom. The minimum absolute atomic E-state index is 0.0259. The monoisotopic (exact) mass is 370 g/mol. The molecule has 0 fully saturated rings. The third-order valence-electron chi connectivity index (χ3n) is 6.16. The van der Waals surface area contributed by atoms with Crippen molar-refractivity contribution in [2.45, 2.75) is 43.6 Å². The third kappa shape index (κ3) is 2.06. The van der Waals surface area contributed by atoms with Crippen molar-refractivity contribution in [1.82, 2.24) is 10.0 Å². The van der Waals surface area contributed by atoms with Crippen molar-refractivity contribution < 1.29 is 24.0 Å². The number of hydrogen-bond donors (Lipinski definition) is 1. The molecule has 1 aliphatic carbocycles. The van der Waals surface area contributed by atoms with E-state index in [1.54, 1.807) is 4.57 Å². The predicted molar refractivity (Wildman–Crippen MR) is 97.2 cm³/mol. The van der Waals surface area contributed by atoms with E-state index in [4.69, 9.17) is 9.57 Å². The number of benzene rings is 1. The lowest BCUT2D eigenvalue weighted by Crippen LogP contribution is -2.61. The zero-order valence-corrected chi connectivity index (χ0v) is 15.6. The first-order chi connectivity index (χ1) is 13.0. The minimum Gasteiger partial charge on any atom is -0.467 e. The molecule has 142 valence electrons. The van der Waals surface area contributed by atoms with Gasteiger partial charge in [-0.3, -0.25) is 14.2 Å². The van der Waals surface area contributed by atoms with E-state index in [1.807, 2.05) is 31.2 Å². The van der Waals surface area contributed by atoms with Crippen LogP contribution in [0, 0.1) is 0 Å². The van der Waals surface area contributed by atoms with Gasteiger partial charge >= 0.3 is 5.97 Å². The van der Waals surface area contributed by atoms with Crippen LogP contribution in [0.2, 0.25) is 0 Å². The number of aromatic nitrogens is 1. The third-order valence-corrected chi connectivity index (χ3v) is 6.16. The van der Waals surface area contributed by atoms with Gasteiger partial charge in [0.1, 0.15) is 0 Å². The van der Waals surface area contributed by atoms with Gasteiger partial charge < -0.3 is 9.57 Å². The van der Waals surface area contributed by atoms with E-state index < -0.39 is 16.9 Å². The summed E-state index contributed by atoms with van der Waals surface area (Å²) in [7, 11) is 2.60. The standard InChI is InChI=1S/C20H22N2O5/c1-4-19-10-9-15(24)22-13-8-6-5-7-12(13)16(17(19)22)20(21-27-3,14(23)11-19)18(25)26-2/h5-8,21H,4,9-11H2,1-3H3/t19-,20-/m1/s1. The molecular weight excluding hydrogens is 348 g/mol. The topological polar surface area (TPSA) is 86.6 Å². The van der Waals surface area contributed by atoms with E-state index in [0.717, 1.165) is 5.69 Å². The highest BCUT2D eigenvalue weighted by molar-refractivity contribution is 6.15. The average molecular weight is 370 g/mol. The lowest BCUT2D eigenvalue weighted by atomic mass is 9.61. The maximum absolute atomic E-state index is 13.4. The van der Waals surface area contributed by atoms with Crippen molar-refractivity contribution in [2.24, 2.45) is 0 Å². The normalized spacial score (nSPS) is 26.9. The average Bonchev–Trinajstić information content (AvgIpc) is 3.04. The molecule has 7 heteroatoms. The first-order valence-corrected chi connectivity index (χ1v) is 9.06. The van der Waals surface area contributed by atoms with Crippen molar-refractivity contribution in [3.05, 3.63) is 35.5 Å². The zero-order chi connectivity index (χ0) is 19.4. The fourth-order valence-corrected chi connectivity index (χ4v) is 4.85. The molecule has 2 heterocycles. The van der Waals surface area contributed by atoms with Gasteiger partial charge in [0, 0.05) is 34.9 Å². The van der Waals surface area contributed by atoms with E-state index in [-0.39, 0.29) is 18.1 Å². The molecule has 0 amide bonds. The summed E-state index contributed by atoms with van der Waals surface area (Å²) in [5, 5.41) is 0.684. The molecule has 1 aromatic heterocycles. The Morgan fingerprint density at radius 2 is 2.00 bits per heavy atom. The van der Waals surface area contributed by atoms with Crippen molar-refractivity contribution >= 4 is 28.6 Å². The Morgan fingerprint density at radius 1 is 1.26 bits per heavy atom. The quantitative estimate of drug-likeness (QED) is 0.504. The van der Waals surface area contributed by atoms with Crippen LogP contribution in [-0.4, -0.2) is 36.4 Å². The molecule has 2 aliphatic rings. The van der Waals surface area contributed by atoms with Gasteiger partial charge in [0.2, 0.25) is 11.4 Å². The molecule has 1 aliphatic heterocycles. The van der Waals surface area contributed by atoms with Crippen molar-refractivity contribution in [3.8, 4) is 0 Å². The Bertz CT molecular complexity index is 978. The lowest BCUT2D eigenvalue weighted by Gasteiger charge is -2.45.